The molecule has 3 aromatic carbocycles. The number of alkyl carbamates (subject to hydrolysis) is 1. The van der Waals surface area contributed by atoms with Crippen LogP contribution >= 0.6 is 0 Å². The number of carbonyl (C=O) groups excluding carboxylic acids is 5. The molecule has 0 aliphatic heterocycles. The van der Waals surface area contributed by atoms with E-state index in [0.717, 1.165) is 11.3 Å². The number of nitrogens with one attached hydrogen (secondary N) is 3. The Kier molecular flexibility index (Phi) is 20.2. The first-order valence-electron chi connectivity index (χ1n) is 21.3. The zero-order chi connectivity index (χ0) is 47.2. The Morgan fingerprint density at radius 1 is 0.708 bits per heavy atom. The van der Waals surface area contributed by atoms with Crippen LogP contribution in [-0.4, -0.2) is 121 Å². The highest BCUT2D eigenvalue weighted by Gasteiger charge is 2.33. The summed E-state index contributed by atoms with van der Waals surface area (Å²) in [4.78, 5) is 65.7. The van der Waals surface area contributed by atoms with Crippen LogP contribution in [0.2, 0.25) is 0 Å². The number of rotatable bonds is 24. The fraction of sp³-hybridized carbons (Fsp3) is 0.457. The summed E-state index contributed by atoms with van der Waals surface area (Å²) in [6.45, 7) is 13.0. The van der Waals surface area contributed by atoms with Gasteiger partial charge in [0.1, 0.15) is 34.7 Å². The van der Waals surface area contributed by atoms with Crippen LogP contribution < -0.4 is 31.3 Å². The van der Waals surface area contributed by atoms with Crippen molar-refractivity contribution in [3.8, 4) is 17.0 Å². The van der Waals surface area contributed by atoms with Gasteiger partial charge < -0.3 is 50.1 Å². The number of carbonyl (C=O) groups is 5. The van der Waals surface area contributed by atoms with Crippen LogP contribution in [0.1, 0.15) is 53.5 Å². The van der Waals surface area contributed by atoms with E-state index in [-0.39, 0.29) is 38.3 Å². The highest BCUT2D eigenvalue weighted by Crippen LogP contribution is 2.24. The molecule has 1 aromatic heterocycles. The fourth-order valence-electron chi connectivity index (χ4n) is 5.95. The van der Waals surface area contributed by atoms with Crippen LogP contribution in [0.15, 0.2) is 91.1 Å². The Morgan fingerprint density at radius 3 is 1.92 bits per heavy atom. The first kappa shape index (κ1) is 51.1. The monoisotopic (exact) mass is 902 g/mol. The van der Waals surface area contributed by atoms with E-state index in [0.29, 0.717) is 50.8 Å². The van der Waals surface area contributed by atoms with E-state index in [1.165, 1.54) is 17.0 Å². The number of aromatic nitrogens is 3. The number of nitrogens with two attached hydrogens (primary N) is 1. The molecule has 0 spiro atoms. The minimum atomic E-state index is -1.09. The molecule has 0 bridgehead atoms. The molecule has 352 valence electrons. The predicted molar refractivity (Wildman–Crippen MR) is 241 cm³/mol. The van der Waals surface area contributed by atoms with Gasteiger partial charge in [0, 0.05) is 30.8 Å². The Morgan fingerprint density at radius 2 is 1.31 bits per heavy atom. The number of amides is 5. The SMILES string of the molecule is CC(C)(C)OC(=O)N[C@@H](CCNC(=O)Oc1ccc(C[C@@H](C(N)=O)N(C(=O)OC(C)(C)C)c2ccccc2)cc1)C(=O)NCCOCCOCCOCCn1cc(-c2ccccc2)nn1. The van der Waals surface area contributed by atoms with Crippen LogP contribution in [0, 0.1) is 0 Å². The van der Waals surface area contributed by atoms with Gasteiger partial charge in [0.25, 0.3) is 0 Å². The average Bonchev–Trinajstić information content (AvgIpc) is 3.72. The normalized spacial score (nSPS) is 12.3. The number of nitrogens with zero attached hydrogens (tertiary/aromatic N) is 4. The third-order valence-electron chi connectivity index (χ3n) is 8.90. The molecular formula is C46H62N8O11. The second-order valence-electron chi connectivity index (χ2n) is 16.6. The number of ether oxygens (including phenoxy) is 6. The molecule has 0 aliphatic carbocycles. The van der Waals surface area contributed by atoms with Gasteiger partial charge in [-0.2, -0.15) is 0 Å². The van der Waals surface area contributed by atoms with Crippen molar-refractivity contribution in [3.63, 3.8) is 0 Å². The van der Waals surface area contributed by atoms with Gasteiger partial charge in [-0.1, -0.05) is 65.9 Å². The lowest BCUT2D eigenvalue weighted by Gasteiger charge is -2.32. The zero-order valence-electron chi connectivity index (χ0n) is 38.0. The third-order valence-corrected chi connectivity index (χ3v) is 8.90. The van der Waals surface area contributed by atoms with Crippen LogP contribution in [0.5, 0.6) is 5.75 Å². The van der Waals surface area contributed by atoms with E-state index < -0.39 is 53.4 Å². The lowest BCUT2D eigenvalue weighted by molar-refractivity contribution is -0.123. The molecule has 5 N–H and O–H groups in total. The van der Waals surface area contributed by atoms with Gasteiger partial charge in [-0.3, -0.25) is 14.5 Å². The maximum atomic E-state index is 13.3. The van der Waals surface area contributed by atoms with E-state index in [1.807, 2.05) is 36.5 Å². The summed E-state index contributed by atoms with van der Waals surface area (Å²) < 4.78 is 34.8. The van der Waals surface area contributed by atoms with Crippen LogP contribution in [0.25, 0.3) is 11.3 Å². The Balaban J connectivity index is 1.16. The maximum Gasteiger partial charge on any atom is 0.415 e. The number of benzene rings is 3. The predicted octanol–water partition coefficient (Wildman–Crippen LogP) is 5.02. The Hall–Kier alpha value is -6.57. The van der Waals surface area contributed by atoms with Crippen molar-refractivity contribution < 1.29 is 52.4 Å². The van der Waals surface area contributed by atoms with Crippen molar-refractivity contribution in [1.82, 2.24) is 30.9 Å². The van der Waals surface area contributed by atoms with Gasteiger partial charge in [-0.05, 0) is 77.8 Å². The standard InChI is InChI=1S/C46H62N8O11/c1-45(2,3)64-43(58)50-37(41(56)48-23-25-60-27-29-62-30-28-61-26-24-53-32-38(51-52-53)34-13-9-7-10-14-34)21-22-49-42(57)63-36-19-17-33(18-20-36)31-39(40(47)55)54(35-15-11-8-12-16-35)44(59)65-46(4,5)6/h7-20,32,37,39H,21-31H2,1-6H3,(H2,47,55)(H,48,56)(H,49,57)(H,50,58)/t37-,39-/m0/s1. The van der Waals surface area contributed by atoms with E-state index in [9.17, 15) is 24.0 Å². The molecule has 65 heavy (non-hydrogen) atoms. The molecule has 5 amide bonds. The highest BCUT2D eigenvalue weighted by molar-refractivity contribution is 5.97. The van der Waals surface area contributed by atoms with Gasteiger partial charge >= 0.3 is 18.3 Å². The van der Waals surface area contributed by atoms with Crippen molar-refractivity contribution in [2.24, 2.45) is 5.73 Å². The van der Waals surface area contributed by atoms with Gasteiger partial charge in [-0.25, -0.2) is 19.1 Å². The molecule has 0 unspecified atom stereocenters. The van der Waals surface area contributed by atoms with E-state index in [4.69, 9.17) is 34.2 Å². The average molecular weight is 903 g/mol. The quantitative estimate of drug-likeness (QED) is 0.0677. The lowest BCUT2D eigenvalue weighted by Crippen LogP contribution is -2.51. The molecule has 2 atom stereocenters. The number of anilines is 1. The Labute approximate surface area is 379 Å². The molecule has 0 fully saturated rings. The molecular weight excluding hydrogens is 841 g/mol. The molecule has 1 heterocycles. The van der Waals surface area contributed by atoms with E-state index in [1.54, 1.807) is 88.7 Å². The molecule has 4 aromatic rings. The summed E-state index contributed by atoms with van der Waals surface area (Å²) in [5.41, 5.74) is 7.03. The number of para-hydroxylation sites is 1. The minimum Gasteiger partial charge on any atom is -0.444 e. The second-order valence-corrected chi connectivity index (χ2v) is 16.6. The summed E-state index contributed by atoms with van der Waals surface area (Å²) in [5, 5.41) is 16.2. The summed E-state index contributed by atoms with van der Waals surface area (Å²) in [6.07, 6.45) is -0.414. The highest BCUT2D eigenvalue weighted by atomic mass is 16.6. The first-order valence-corrected chi connectivity index (χ1v) is 21.3. The molecule has 0 saturated heterocycles. The lowest BCUT2D eigenvalue weighted by atomic mass is 10.0. The van der Waals surface area contributed by atoms with Crippen molar-refractivity contribution in [1.29, 1.82) is 0 Å². The van der Waals surface area contributed by atoms with Crippen LogP contribution in [-0.2, 0) is 46.2 Å². The minimum absolute atomic E-state index is 0.00745. The summed E-state index contributed by atoms with van der Waals surface area (Å²) in [6, 6.07) is 22.6. The number of hydrogen-bond acceptors (Lipinski definition) is 13. The van der Waals surface area contributed by atoms with Crippen molar-refractivity contribution in [3.05, 3.63) is 96.7 Å². The molecule has 0 radical (unpaired) electrons. The Bertz CT molecular complexity index is 2090. The van der Waals surface area contributed by atoms with Crippen molar-refractivity contribution in [2.75, 3.05) is 57.6 Å². The molecule has 0 saturated carbocycles. The summed E-state index contributed by atoms with van der Waals surface area (Å²) in [5.74, 6) is -1.06. The topological polar surface area (TPSA) is 237 Å². The fourth-order valence-corrected chi connectivity index (χ4v) is 5.95. The number of primary amides is 1. The first-order chi connectivity index (χ1) is 31.0. The van der Waals surface area contributed by atoms with Gasteiger partial charge in [0.15, 0.2) is 0 Å². The van der Waals surface area contributed by atoms with Crippen LogP contribution in [0.3, 0.4) is 0 Å². The smallest absolute Gasteiger partial charge is 0.415 e. The van der Waals surface area contributed by atoms with Gasteiger partial charge in [0.05, 0.1) is 52.4 Å². The van der Waals surface area contributed by atoms with Crippen molar-refractivity contribution in [2.45, 2.75) is 84.2 Å². The maximum absolute atomic E-state index is 13.3. The van der Waals surface area contributed by atoms with E-state index >= 15 is 0 Å². The van der Waals surface area contributed by atoms with Gasteiger partial charge in [0.2, 0.25) is 11.8 Å². The molecule has 19 nitrogen and oxygen atoms in total. The largest absolute Gasteiger partial charge is 0.444 e. The van der Waals surface area contributed by atoms with Crippen LogP contribution in [0.4, 0.5) is 20.1 Å². The third kappa shape index (κ3) is 19.4. The molecule has 0 aliphatic rings. The van der Waals surface area contributed by atoms with E-state index in [2.05, 4.69) is 26.3 Å². The molecule has 4 rings (SSSR count). The second kappa shape index (κ2) is 25.7. The summed E-state index contributed by atoms with van der Waals surface area (Å²) >= 11 is 0. The number of hydrogen-bond donors (Lipinski definition) is 4. The molecule has 19 heteroatoms. The summed E-state index contributed by atoms with van der Waals surface area (Å²) in [7, 11) is 0. The zero-order valence-corrected chi connectivity index (χ0v) is 38.0. The van der Waals surface area contributed by atoms with Gasteiger partial charge in [-0.15, -0.1) is 5.10 Å². The van der Waals surface area contributed by atoms with Crippen molar-refractivity contribution >= 4 is 35.8 Å².